The summed E-state index contributed by atoms with van der Waals surface area (Å²) in [7, 11) is 0. The van der Waals surface area contributed by atoms with Crippen LogP contribution in [0.3, 0.4) is 0 Å². The molecule has 2 N–H and O–H groups in total. The van der Waals surface area contributed by atoms with Crippen molar-refractivity contribution in [1.29, 1.82) is 0 Å². The predicted molar refractivity (Wildman–Crippen MR) is 82.9 cm³/mol. The number of thiazole rings is 1. The third-order valence-corrected chi connectivity index (χ3v) is 4.69. The Balaban J connectivity index is 1.65. The first-order valence-electron chi connectivity index (χ1n) is 7.24. The largest absolute Gasteiger partial charge is 0.391 e. The topological polar surface area (TPSA) is 45.2 Å². The smallest absolute Gasteiger partial charge is 0.0959 e. The van der Waals surface area contributed by atoms with Crippen LogP contribution in [0.2, 0.25) is 0 Å². The van der Waals surface area contributed by atoms with E-state index in [-0.39, 0.29) is 12.1 Å². The van der Waals surface area contributed by atoms with Crippen LogP contribution in [0.15, 0.2) is 35.7 Å². The molecule has 0 spiro atoms. The highest BCUT2D eigenvalue weighted by Crippen LogP contribution is 2.23. The first-order chi connectivity index (χ1) is 9.83. The van der Waals surface area contributed by atoms with Gasteiger partial charge >= 0.3 is 0 Å². The molecule has 2 heterocycles. The van der Waals surface area contributed by atoms with Crippen molar-refractivity contribution >= 4 is 11.3 Å². The molecular weight excluding hydrogens is 268 g/mol. The summed E-state index contributed by atoms with van der Waals surface area (Å²) >= 11 is 1.64. The number of piperidine rings is 1. The average Bonchev–Trinajstić information content (AvgIpc) is 2.97. The molecule has 4 heteroatoms. The Morgan fingerprint density at radius 3 is 2.90 bits per heavy atom. The first kappa shape index (κ1) is 13.7. The lowest BCUT2D eigenvalue weighted by molar-refractivity contribution is 0.113. The summed E-state index contributed by atoms with van der Waals surface area (Å²) in [6, 6.07) is 10.4. The second kappa shape index (κ2) is 6.48. The Bertz CT molecular complexity index is 534. The van der Waals surface area contributed by atoms with Gasteiger partial charge in [0.2, 0.25) is 0 Å². The molecule has 1 aliphatic rings. The second-order valence-corrected chi connectivity index (χ2v) is 6.26. The Kier molecular flexibility index (Phi) is 4.45. The number of nitrogens with zero attached hydrogens (tertiary/aromatic N) is 1. The maximum atomic E-state index is 10.3. The molecule has 0 aliphatic carbocycles. The van der Waals surface area contributed by atoms with Gasteiger partial charge in [0.1, 0.15) is 0 Å². The van der Waals surface area contributed by atoms with E-state index in [4.69, 9.17) is 0 Å². The maximum absolute atomic E-state index is 10.3. The van der Waals surface area contributed by atoms with Gasteiger partial charge < -0.3 is 10.4 Å². The lowest BCUT2D eigenvalue weighted by atomic mass is 9.98. The van der Waals surface area contributed by atoms with Crippen LogP contribution in [0.25, 0.3) is 11.3 Å². The van der Waals surface area contributed by atoms with E-state index in [1.165, 1.54) is 12.8 Å². The van der Waals surface area contributed by atoms with Gasteiger partial charge in [-0.05, 0) is 19.4 Å². The number of aliphatic hydroxyl groups excluding tert-OH is 1. The fraction of sp³-hybridized carbons (Fsp3) is 0.438. The van der Waals surface area contributed by atoms with Crippen LogP contribution >= 0.6 is 11.3 Å². The number of nitrogens with one attached hydrogen (secondary N) is 1. The zero-order chi connectivity index (χ0) is 13.8. The quantitative estimate of drug-likeness (QED) is 0.909. The van der Waals surface area contributed by atoms with Crippen molar-refractivity contribution in [2.45, 2.75) is 37.8 Å². The minimum absolute atomic E-state index is 0.229. The number of aromatic nitrogens is 1. The lowest BCUT2D eigenvalue weighted by Crippen LogP contribution is -2.44. The average molecular weight is 288 g/mol. The molecule has 20 heavy (non-hydrogen) atoms. The number of aliphatic hydroxyl groups is 1. The van der Waals surface area contributed by atoms with Crippen molar-refractivity contribution in [3.8, 4) is 11.3 Å². The zero-order valence-corrected chi connectivity index (χ0v) is 12.3. The normalized spacial score (nSPS) is 20.8. The monoisotopic (exact) mass is 288 g/mol. The van der Waals surface area contributed by atoms with Crippen molar-refractivity contribution in [2.75, 3.05) is 6.54 Å². The Morgan fingerprint density at radius 1 is 1.30 bits per heavy atom. The molecule has 2 unspecified atom stereocenters. The van der Waals surface area contributed by atoms with E-state index in [1.807, 2.05) is 18.2 Å². The van der Waals surface area contributed by atoms with Crippen molar-refractivity contribution in [3.63, 3.8) is 0 Å². The molecule has 2 aromatic rings. The fourth-order valence-corrected chi connectivity index (χ4v) is 3.53. The molecule has 0 bridgehead atoms. The molecule has 1 aromatic carbocycles. The van der Waals surface area contributed by atoms with Crippen LogP contribution in [0.1, 0.15) is 24.3 Å². The molecule has 1 fully saturated rings. The van der Waals surface area contributed by atoms with Crippen LogP contribution in [-0.2, 0) is 6.42 Å². The van der Waals surface area contributed by atoms with Crippen molar-refractivity contribution < 1.29 is 5.11 Å². The highest BCUT2D eigenvalue weighted by atomic mass is 32.1. The number of benzene rings is 1. The Morgan fingerprint density at radius 2 is 2.15 bits per heavy atom. The van der Waals surface area contributed by atoms with E-state index in [0.29, 0.717) is 6.42 Å². The van der Waals surface area contributed by atoms with E-state index >= 15 is 0 Å². The molecule has 3 nitrogen and oxygen atoms in total. The van der Waals surface area contributed by atoms with Gasteiger partial charge in [-0.3, -0.25) is 0 Å². The van der Waals surface area contributed by atoms with Gasteiger partial charge in [0.15, 0.2) is 0 Å². The lowest BCUT2D eigenvalue weighted by Gasteiger charge is -2.27. The van der Waals surface area contributed by atoms with Gasteiger partial charge in [0.25, 0.3) is 0 Å². The van der Waals surface area contributed by atoms with E-state index in [2.05, 4.69) is 27.8 Å². The molecule has 3 rings (SSSR count). The maximum Gasteiger partial charge on any atom is 0.0959 e. The summed E-state index contributed by atoms with van der Waals surface area (Å²) in [6.45, 7) is 1.02. The van der Waals surface area contributed by atoms with Crippen LogP contribution < -0.4 is 5.32 Å². The summed E-state index contributed by atoms with van der Waals surface area (Å²) in [6.07, 6.45) is 3.82. The molecule has 106 valence electrons. The third kappa shape index (κ3) is 3.26. The predicted octanol–water partition coefficient (Wildman–Crippen LogP) is 2.86. The molecule has 1 aliphatic heterocycles. The SMILES string of the molecule is OC(Cc1nc(-c2ccccc2)cs1)C1CCCCN1. The van der Waals surface area contributed by atoms with Gasteiger partial charge in [-0.15, -0.1) is 11.3 Å². The van der Waals surface area contributed by atoms with Crippen molar-refractivity contribution in [3.05, 3.63) is 40.7 Å². The molecule has 0 radical (unpaired) electrons. The van der Waals surface area contributed by atoms with Gasteiger partial charge in [-0.1, -0.05) is 36.8 Å². The molecular formula is C16H20N2OS. The minimum atomic E-state index is -0.329. The highest BCUT2D eigenvalue weighted by molar-refractivity contribution is 7.09. The summed E-state index contributed by atoms with van der Waals surface area (Å²) < 4.78 is 0. The number of hydrogen-bond donors (Lipinski definition) is 2. The van der Waals surface area contributed by atoms with E-state index in [0.717, 1.165) is 29.2 Å². The highest BCUT2D eigenvalue weighted by Gasteiger charge is 2.22. The van der Waals surface area contributed by atoms with Gasteiger partial charge in [0, 0.05) is 23.4 Å². The third-order valence-electron chi connectivity index (χ3n) is 3.82. The minimum Gasteiger partial charge on any atom is -0.391 e. The first-order valence-corrected chi connectivity index (χ1v) is 8.12. The number of rotatable bonds is 4. The zero-order valence-electron chi connectivity index (χ0n) is 11.5. The second-order valence-electron chi connectivity index (χ2n) is 5.32. The summed E-state index contributed by atoms with van der Waals surface area (Å²) in [5.41, 5.74) is 2.15. The van der Waals surface area contributed by atoms with Gasteiger partial charge in [0.05, 0.1) is 16.8 Å². The summed E-state index contributed by atoms with van der Waals surface area (Å²) in [5, 5.41) is 16.8. The van der Waals surface area contributed by atoms with E-state index in [9.17, 15) is 5.11 Å². The molecule has 1 aromatic heterocycles. The van der Waals surface area contributed by atoms with Gasteiger partial charge in [-0.2, -0.15) is 0 Å². The Hall–Kier alpha value is -1.23. The van der Waals surface area contributed by atoms with Crippen LogP contribution in [-0.4, -0.2) is 28.8 Å². The van der Waals surface area contributed by atoms with Crippen LogP contribution in [0.4, 0.5) is 0 Å². The van der Waals surface area contributed by atoms with Crippen molar-refractivity contribution in [1.82, 2.24) is 10.3 Å². The molecule has 1 saturated heterocycles. The number of hydrogen-bond acceptors (Lipinski definition) is 4. The Labute approximate surface area is 123 Å². The van der Waals surface area contributed by atoms with E-state index < -0.39 is 0 Å². The summed E-state index contributed by atoms with van der Waals surface area (Å²) in [5.74, 6) is 0. The van der Waals surface area contributed by atoms with Gasteiger partial charge in [-0.25, -0.2) is 4.98 Å². The summed E-state index contributed by atoms with van der Waals surface area (Å²) in [4.78, 5) is 4.65. The van der Waals surface area contributed by atoms with Crippen LogP contribution in [0.5, 0.6) is 0 Å². The van der Waals surface area contributed by atoms with Crippen molar-refractivity contribution in [2.24, 2.45) is 0 Å². The van der Waals surface area contributed by atoms with E-state index in [1.54, 1.807) is 11.3 Å². The molecule has 2 atom stereocenters. The van der Waals surface area contributed by atoms with Crippen LogP contribution in [0, 0.1) is 0 Å². The molecule has 0 amide bonds. The standard InChI is InChI=1S/C16H20N2OS/c19-15(13-8-4-5-9-17-13)10-16-18-14(11-20-16)12-6-2-1-3-7-12/h1-3,6-7,11,13,15,17,19H,4-5,8-10H2. The molecule has 0 saturated carbocycles. The fourth-order valence-electron chi connectivity index (χ4n) is 2.67.